The summed E-state index contributed by atoms with van der Waals surface area (Å²) in [7, 11) is 0. The highest BCUT2D eigenvalue weighted by atomic mass is 16.6. The van der Waals surface area contributed by atoms with Crippen LogP contribution in [0.1, 0.15) is 45.1 Å². The van der Waals surface area contributed by atoms with E-state index in [-0.39, 0.29) is 18.7 Å². The van der Waals surface area contributed by atoms with E-state index in [9.17, 15) is 24.5 Å². The van der Waals surface area contributed by atoms with Gasteiger partial charge in [0.25, 0.3) is 5.69 Å². The quantitative estimate of drug-likeness (QED) is 0.294. The Morgan fingerprint density at radius 2 is 2.03 bits per heavy atom. The fraction of sp³-hybridized carbons (Fsp3) is 0.500. The van der Waals surface area contributed by atoms with Crippen molar-refractivity contribution in [3.8, 4) is 0 Å². The molecule has 1 N–H and O–H groups in total. The van der Waals surface area contributed by atoms with Crippen molar-refractivity contribution in [3.05, 3.63) is 46.5 Å². The number of nitro benzene ring substituents is 1. The lowest BCUT2D eigenvalue weighted by Gasteiger charge is -2.52. The third kappa shape index (κ3) is 3.68. The van der Waals surface area contributed by atoms with E-state index < -0.39 is 34.2 Å². The Kier molecular flexibility index (Phi) is 6.42. The van der Waals surface area contributed by atoms with Crippen molar-refractivity contribution in [2.75, 3.05) is 18.0 Å². The Labute approximate surface area is 181 Å². The highest BCUT2D eigenvalue weighted by Crippen LogP contribution is 2.46. The predicted molar refractivity (Wildman–Crippen MR) is 116 cm³/mol. The van der Waals surface area contributed by atoms with Crippen LogP contribution in [-0.2, 0) is 16.0 Å². The molecule has 1 fully saturated rings. The molecular formula is C22H28N4O5. The molecule has 0 aromatic heterocycles. The minimum Gasteiger partial charge on any atom is -0.367 e. The van der Waals surface area contributed by atoms with Gasteiger partial charge in [-0.3, -0.25) is 29.9 Å². The molecule has 2 heterocycles. The van der Waals surface area contributed by atoms with Gasteiger partial charge < -0.3 is 4.90 Å². The molecule has 1 aromatic rings. The molecular weight excluding hydrogens is 400 g/mol. The summed E-state index contributed by atoms with van der Waals surface area (Å²) in [6.07, 6.45) is 4.47. The van der Waals surface area contributed by atoms with E-state index in [1.54, 1.807) is 6.07 Å². The first-order valence-corrected chi connectivity index (χ1v) is 10.6. The molecule has 166 valence electrons. The number of nitro groups is 1. The molecule has 0 unspecified atom stereocenters. The Hall–Kier alpha value is -3.23. The van der Waals surface area contributed by atoms with Crippen molar-refractivity contribution < 1.29 is 19.3 Å². The average Bonchev–Trinajstić information content (AvgIpc) is 2.74. The molecule has 1 aromatic carbocycles. The number of nitrogens with one attached hydrogen (secondary N) is 1. The number of carbonyl (C=O) groups is 3. The molecule has 4 amide bonds. The molecule has 2 aliphatic heterocycles. The Bertz CT molecular complexity index is 930. The monoisotopic (exact) mass is 428 g/mol. The van der Waals surface area contributed by atoms with Crippen LogP contribution in [0.5, 0.6) is 0 Å². The average molecular weight is 428 g/mol. The van der Waals surface area contributed by atoms with Crippen LogP contribution in [0.4, 0.5) is 16.2 Å². The smallest absolute Gasteiger partial charge is 0.331 e. The number of hydrogen-bond acceptors (Lipinski definition) is 6. The van der Waals surface area contributed by atoms with E-state index in [4.69, 9.17) is 0 Å². The van der Waals surface area contributed by atoms with E-state index in [1.165, 1.54) is 18.2 Å². The largest absolute Gasteiger partial charge is 0.367 e. The minimum atomic E-state index is -1.54. The van der Waals surface area contributed by atoms with Crippen LogP contribution in [0, 0.1) is 15.5 Å². The number of non-ortho nitro benzene ring substituents is 1. The van der Waals surface area contributed by atoms with Crippen molar-refractivity contribution in [3.63, 3.8) is 0 Å². The summed E-state index contributed by atoms with van der Waals surface area (Å²) in [5.74, 6) is -1.21. The number of carbonyl (C=O) groups excluding carboxylic acids is 3. The molecule has 0 saturated carbocycles. The highest BCUT2D eigenvalue weighted by molar-refractivity contribution is 6.20. The predicted octanol–water partition coefficient (Wildman–Crippen LogP) is 3.18. The van der Waals surface area contributed by atoms with Crippen molar-refractivity contribution in [2.45, 2.75) is 52.0 Å². The third-order valence-corrected chi connectivity index (χ3v) is 6.12. The van der Waals surface area contributed by atoms with E-state index >= 15 is 0 Å². The number of rotatable bonds is 8. The number of fused-ring (bicyclic) bond motifs is 1. The van der Waals surface area contributed by atoms with Gasteiger partial charge in [-0.1, -0.05) is 32.8 Å². The molecule has 2 atom stereocenters. The van der Waals surface area contributed by atoms with Crippen LogP contribution < -0.4 is 10.2 Å². The van der Waals surface area contributed by atoms with Gasteiger partial charge in [0, 0.05) is 37.3 Å². The van der Waals surface area contributed by atoms with E-state index in [1.807, 2.05) is 18.7 Å². The molecule has 3 rings (SSSR count). The second-order valence-corrected chi connectivity index (χ2v) is 8.03. The zero-order valence-electron chi connectivity index (χ0n) is 17.9. The topological polar surface area (TPSA) is 113 Å². The van der Waals surface area contributed by atoms with Gasteiger partial charge in [0.15, 0.2) is 5.41 Å². The fourth-order valence-electron chi connectivity index (χ4n) is 4.69. The third-order valence-electron chi connectivity index (χ3n) is 6.12. The molecule has 0 aliphatic carbocycles. The molecule has 9 heteroatoms. The lowest BCUT2D eigenvalue weighted by atomic mass is 9.67. The summed E-state index contributed by atoms with van der Waals surface area (Å²) >= 11 is 0. The number of hydrogen-bond donors (Lipinski definition) is 1. The van der Waals surface area contributed by atoms with Crippen LogP contribution in [0.15, 0.2) is 30.9 Å². The summed E-state index contributed by atoms with van der Waals surface area (Å²) < 4.78 is 0. The maximum absolute atomic E-state index is 13.7. The van der Waals surface area contributed by atoms with E-state index in [2.05, 4.69) is 11.9 Å². The van der Waals surface area contributed by atoms with Gasteiger partial charge in [-0.2, -0.15) is 0 Å². The van der Waals surface area contributed by atoms with Gasteiger partial charge in [0.2, 0.25) is 11.8 Å². The first-order chi connectivity index (χ1) is 14.8. The first kappa shape index (κ1) is 22.5. The zero-order chi connectivity index (χ0) is 22.8. The summed E-state index contributed by atoms with van der Waals surface area (Å²) in [6.45, 7) is 8.22. The lowest BCUT2D eigenvalue weighted by Crippen LogP contribution is -2.72. The second kappa shape index (κ2) is 8.87. The fourth-order valence-corrected chi connectivity index (χ4v) is 4.69. The summed E-state index contributed by atoms with van der Waals surface area (Å²) in [4.78, 5) is 53.3. The summed E-state index contributed by atoms with van der Waals surface area (Å²) in [5, 5.41) is 13.7. The number of benzene rings is 1. The minimum absolute atomic E-state index is 0.00287. The van der Waals surface area contributed by atoms with Crippen LogP contribution in [-0.4, -0.2) is 46.8 Å². The number of unbranched alkanes of at least 4 members (excludes halogenated alkanes) is 1. The van der Waals surface area contributed by atoms with Crippen molar-refractivity contribution in [1.82, 2.24) is 10.2 Å². The number of imide groups is 2. The highest BCUT2D eigenvalue weighted by Gasteiger charge is 2.61. The standard InChI is InChI=1S/C22H28N4O5/c1-4-7-12-24-17-10-9-16(26(30)31)13-15(17)14-22(18(24)8-5-2)19(27)23-21(29)25(11-6-3)20(22)28/h6,9-10,13,18H,3-5,7-8,11-12,14H2,1-2H3,(H,23,27,29)/t18-,22-/m1/s1. The maximum Gasteiger partial charge on any atom is 0.331 e. The lowest BCUT2D eigenvalue weighted by molar-refractivity contribution is -0.384. The van der Waals surface area contributed by atoms with Crippen LogP contribution in [0.25, 0.3) is 0 Å². The van der Waals surface area contributed by atoms with Gasteiger partial charge in [-0.15, -0.1) is 6.58 Å². The second-order valence-electron chi connectivity index (χ2n) is 8.03. The number of urea groups is 1. The van der Waals surface area contributed by atoms with Crippen LogP contribution in [0.2, 0.25) is 0 Å². The maximum atomic E-state index is 13.7. The first-order valence-electron chi connectivity index (χ1n) is 10.6. The molecule has 31 heavy (non-hydrogen) atoms. The Balaban J connectivity index is 2.22. The van der Waals surface area contributed by atoms with Crippen LogP contribution in [0.3, 0.4) is 0 Å². The molecule has 1 spiro atoms. The van der Waals surface area contributed by atoms with E-state index in [0.29, 0.717) is 18.5 Å². The van der Waals surface area contributed by atoms with E-state index in [0.717, 1.165) is 29.8 Å². The normalized spacial score (nSPS) is 23.0. The molecule has 1 saturated heterocycles. The number of amides is 4. The van der Waals surface area contributed by atoms with Gasteiger partial charge in [-0.05, 0) is 24.5 Å². The Morgan fingerprint density at radius 3 is 2.65 bits per heavy atom. The van der Waals surface area contributed by atoms with Gasteiger partial charge in [0.1, 0.15) is 0 Å². The van der Waals surface area contributed by atoms with Gasteiger partial charge in [-0.25, -0.2) is 4.79 Å². The zero-order valence-corrected chi connectivity index (χ0v) is 17.9. The van der Waals surface area contributed by atoms with Gasteiger partial charge in [0.05, 0.1) is 11.0 Å². The van der Waals surface area contributed by atoms with Crippen molar-refractivity contribution in [1.29, 1.82) is 0 Å². The van der Waals surface area contributed by atoms with Crippen molar-refractivity contribution in [2.24, 2.45) is 5.41 Å². The molecule has 0 radical (unpaired) electrons. The SMILES string of the molecule is C=CCN1C(=O)NC(=O)[C@]2(Cc3cc([N+](=O)[O-])ccc3N(CCCC)[C@@H]2CCC)C1=O. The van der Waals surface area contributed by atoms with Crippen molar-refractivity contribution >= 4 is 29.2 Å². The number of barbiturate groups is 1. The number of anilines is 1. The molecule has 0 bridgehead atoms. The van der Waals surface area contributed by atoms with Crippen LogP contribution >= 0.6 is 0 Å². The molecule has 2 aliphatic rings. The Morgan fingerprint density at radius 1 is 1.29 bits per heavy atom. The van der Waals surface area contributed by atoms with Gasteiger partial charge >= 0.3 is 6.03 Å². The summed E-state index contributed by atoms with van der Waals surface area (Å²) in [5.41, 5.74) is -0.269. The number of nitrogens with zero attached hydrogens (tertiary/aromatic N) is 3. The summed E-state index contributed by atoms with van der Waals surface area (Å²) in [6, 6.07) is 3.37. The molecule has 9 nitrogen and oxygen atoms in total.